The van der Waals surface area contributed by atoms with E-state index in [0.717, 1.165) is 32.5 Å². The van der Waals surface area contributed by atoms with Crippen molar-refractivity contribution in [3.8, 4) is 5.75 Å². The predicted molar refractivity (Wildman–Crippen MR) is 73.3 cm³/mol. The van der Waals surface area contributed by atoms with E-state index in [2.05, 4.69) is 0 Å². The number of hydrogen-bond donors (Lipinski definition) is 1. The predicted octanol–water partition coefficient (Wildman–Crippen LogP) is 2.35. The molecule has 1 fully saturated rings. The van der Waals surface area contributed by atoms with Gasteiger partial charge >= 0.3 is 5.97 Å². The second kappa shape index (κ2) is 7.87. The SMILES string of the molecule is O=C(O)c1ccccc1OCCCOC1CCOCC1. The summed E-state index contributed by atoms with van der Waals surface area (Å²) < 4.78 is 16.5. The van der Waals surface area contributed by atoms with Crippen molar-refractivity contribution >= 4 is 5.97 Å². The molecular formula is C15H20O5. The van der Waals surface area contributed by atoms with E-state index in [-0.39, 0.29) is 11.7 Å². The lowest BCUT2D eigenvalue weighted by Crippen LogP contribution is -2.24. The van der Waals surface area contributed by atoms with Crippen LogP contribution in [-0.2, 0) is 9.47 Å². The molecule has 0 saturated carbocycles. The summed E-state index contributed by atoms with van der Waals surface area (Å²) in [6.45, 7) is 2.62. The standard InChI is InChI=1S/C15H20O5/c16-15(17)13-4-1-2-5-14(13)20-9-3-8-19-12-6-10-18-11-7-12/h1-2,4-5,12H,3,6-11H2,(H,16,17). The highest BCUT2D eigenvalue weighted by Gasteiger charge is 2.14. The third-order valence-electron chi connectivity index (χ3n) is 3.19. The summed E-state index contributed by atoms with van der Waals surface area (Å²) in [5.41, 5.74) is 0.192. The number of carbonyl (C=O) groups is 1. The summed E-state index contributed by atoms with van der Waals surface area (Å²) in [5, 5.41) is 9.02. The molecule has 0 radical (unpaired) electrons. The van der Waals surface area contributed by atoms with Crippen molar-refractivity contribution < 1.29 is 24.1 Å². The second-order valence-electron chi connectivity index (χ2n) is 4.69. The first kappa shape index (κ1) is 14.8. The highest BCUT2D eigenvalue weighted by molar-refractivity contribution is 5.90. The summed E-state index contributed by atoms with van der Waals surface area (Å²) in [6, 6.07) is 6.66. The maximum absolute atomic E-state index is 11.0. The third-order valence-corrected chi connectivity index (χ3v) is 3.19. The molecule has 1 N–H and O–H groups in total. The van der Waals surface area contributed by atoms with Gasteiger partial charge in [-0.05, 0) is 25.0 Å². The largest absolute Gasteiger partial charge is 0.493 e. The molecule has 0 bridgehead atoms. The van der Waals surface area contributed by atoms with Crippen molar-refractivity contribution in [2.75, 3.05) is 26.4 Å². The first-order valence-electron chi connectivity index (χ1n) is 6.92. The maximum atomic E-state index is 11.0. The molecule has 1 aliphatic heterocycles. The Balaban J connectivity index is 1.67. The molecule has 5 nitrogen and oxygen atoms in total. The van der Waals surface area contributed by atoms with Crippen molar-refractivity contribution in [3.05, 3.63) is 29.8 Å². The van der Waals surface area contributed by atoms with Gasteiger partial charge in [0.15, 0.2) is 0 Å². The van der Waals surface area contributed by atoms with E-state index >= 15 is 0 Å². The Labute approximate surface area is 118 Å². The third kappa shape index (κ3) is 4.51. The van der Waals surface area contributed by atoms with Crippen molar-refractivity contribution in [1.82, 2.24) is 0 Å². The summed E-state index contributed by atoms with van der Waals surface area (Å²) in [4.78, 5) is 11.0. The molecule has 1 heterocycles. The fraction of sp³-hybridized carbons (Fsp3) is 0.533. The Kier molecular flexibility index (Phi) is 5.83. The van der Waals surface area contributed by atoms with Crippen LogP contribution >= 0.6 is 0 Å². The van der Waals surface area contributed by atoms with E-state index in [9.17, 15) is 4.79 Å². The Morgan fingerprint density at radius 1 is 1.25 bits per heavy atom. The molecule has 0 amide bonds. The lowest BCUT2D eigenvalue weighted by molar-refractivity contribution is -0.0341. The molecule has 1 aromatic rings. The Bertz CT molecular complexity index is 426. The number of aromatic carboxylic acids is 1. The van der Waals surface area contributed by atoms with Gasteiger partial charge in [0.05, 0.1) is 19.3 Å². The molecule has 0 atom stereocenters. The van der Waals surface area contributed by atoms with E-state index in [1.165, 1.54) is 6.07 Å². The first-order valence-corrected chi connectivity index (χ1v) is 6.92. The minimum Gasteiger partial charge on any atom is -0.493 e. The quantitative estimate of drug-likeness (QED) is 0.777. The van der Waals surface area contributed by atoms with Gasteiger partial charge in [-0.1, -0.05) is 12.1 Å². The van der Waals surface area contributed by atoms with Crippen LogP contribution in [0.15, 0.2) is 24.3 Å². The van der Waals surface area contributed by atoms with Crippen LogP contribution < -0.4 is 4.74 Å². The van der Waals surface area contributed by atoms with Crippen LogP contribution in [0.3, 0.4) is 0 Å². The number of carboxylic acids is 1. The molecular weight excluding hydrogens is 260 g/mol. The van der Waals surface area contributed by atoms with Gasteiger partial charge in [-0.2, -0.15) is 0 Å². The normalized spacial score (nSPS) is 16.0. The number of para-hydroxylation sites is 1. The zero-order valence-corrected chi connectivity index (χ0v) is 11.4. The van der Waals surface area contributed by atoms with Gasteiger partial charge in [0.2, 0.25) is 0 Å². The highest BCUT2D eigenvalue weighted by atomic mass is 16.5. The van der Waals surface area contributed by atoms with E-state index in [1.54, 1.807) is 18.2 Å². The summed E-state index contributed by atoms with van der Waals surface area (Å²) >= 11 is 0. The van der Waals surface area contributed by atoms with Gasteiger partial charge in [0.1, 0.15) is 11.3 Å². The number of carboxylic acid groups (broad SMARTS) is 1. The molecule has 0 spiro atoms. The van der Waals surface area contributed by atoms with Gasteiger partial charge < -0.3 is 19.3 Å². The number of hydrogen-bond acceptors (Lipinski definition) is 4. The minimum atomic E-state index is -0.973. The maximum Gasteiger partial charge on any atom is 0.339 e. The van der Waals surface area contributed by atoms with E-state index in [1.807, 2.05) is 0 Å². The molecule has 2 rings (SSSR count). The molecule has 110 valence electrons. The molecule has 1 aliphatic rings. The average molecular weight is 280 g/mol. The molecule has 0 aliphatic carbocycles. The lowest BCUT2D eigenvalue weighted by Gasteiger charge is -2.22. The van der Waals surface area contributed by atoms with Crippen molar-refractivity contribution in [2.24, 2.45) is 0 Å². The van der Waals surface area contributed by atoms with Gasteiger partial charge in [-0.15, -0.1) is 0 Å². The molecule has 1 saturated heterocycles. The van der Waals surface area contributed by atoms with Crippen LogP contribution in [0, 0.1) is 0 Å². The molecule has 0 aromatic heterocycles. The van der Waals surface area contributed by atoms with Crippen molar-refractivity contribution in [3.63, 3.8) is 0 Å². The first-order chi connectivity index (χ1) is 9.77. The van der Waals surface area contributed by atoms with E-state index < -0.39 is 5.97 Å². The van der Waals surface area contributed by atoms with E-state index in [0.29, 0.717) is 19.0 Å². The van der Waals surface area contributed by atoms with Crippen LogP contribution in [0.25, 0.3) is 0 Å². The van der Waals surface area contributed by atoms with E-state index in [4.69, 9.17) is 19.3 Å². The minimum absolute atomic E-state index is 0.192. The number of ether oxygens (including phenoxy) is 3. The van der Waals surface area contributed by atoms with Gasteiger partial charge in [0.25, 0.3) is 0 Å². The van der Waals surface area contributed by atoms with Crippen LogP contribution in [0.5, 0.6) is 5.75 Å². The summed E-state index contributed by atoms with van der Waals surface area (Å²) in [5.74, 6) is -0.565. The number of rotatable bonds is 7. The highest BCUT2D eigenvalue weighted by Crippen LogP contribution is 2.18. The Morgan fingerprint density at radius 3 is 2.75 bits per heavy atom. The Morgan fingerprint density at radius 2 is 2.00 bits per heavy atom. The zero-order chi connectivity index (χ0) is 14.2. The van der Waals surface area contributed by atoms with Crippen LogP contribution in [0.4, 0.5) is 0 Å². The van der Waals surface area contributed by atoms with Crippen molar-refractivity contribution in [2.45, 2.75) is 25.4 Å². The van der Waals surface area contributed by atoms with Gasteiger partial charge in [-0.3, -0.25) is 0 Å². The van der Waals surface area contributed by atoms with Crippen LogP contribution in [0.2, 0.25) is 0 Å². The second-order valence-corrected chi connectivity index (χ2v) is 4.69. The average Bonchev–Trinajstić information content (AvgIpc) is 2.48. The van der Waals surface area contributed by atoms with Gasteiger partial charge in [-0.25, -0.2) is 4.79 Å². The van der Waals surface area contributed by atoms with Gasteiger partial charge in [0, 0.05) is 19.6 Å². The smallest absolute Gasteiger partial charge is 0.339 e. The monoisotopic (exact) mass is 280 g/mol. The summed E-state index contributed by atoms with van der Waals surface area (Å²) in [6.07, 6.45) is 2.92. The molecule has 5 heteroatoms. The lowest BCUT2D eigenvalue weighted by atomic mass is 10.1. The molecule has 0 unspecified atom stereocenters. The van der Waals surface area contributed by atoms with Crippen LogP contribution in [-0.4, -0.2) is 43.6 Å². The molecule has 1 aromatic carbocycles. The number of benzene rings is 1. The Hall–Kier alpha value is -1.59. The fourth-order valence-corrected chi connectivity index (χ4v) is 2.10. The van der Waals surface area contributed by atoms with Crippen LogP contribution in [0.1, 0.15) is 29.6 Å². The molecule has 20 heavy (non-hydrogen) atoms. The van der Waals surface area contributed by atoms with Crippen molar-refractivity contribution in [1.29, 1.82) is 0 Å². The summed E-state index contributed by atoms with van der Waals surface area (Å²) in [7, 11) is 0. The topological polar surface area (TPSA) is 65.0 Å². The zero-order valence-electron chi connectivity index (χ0n) is 11.4. The fourth-order valence-electron chi connectivity index (χ4n) is 2.10.